The number of nitrogens with zero attached hydrogens (tertiary/aromatic N) is 1. The number of hydrogen-bond donors (Lipinski definition) is 3. The molecule has 2 rings (SSSR count). The summed E-state index contributed by atoms with van der Waals surface area (Å²) in [7, 11) is 0. The molecular formula is C16H22N4O2. The van der Waals surface area contributed by atoms with Crippen LogP contribution in [0.2, 0.25) is 0 Å². The first kappa shape index (κ1) is 16.0. The number of carbonyl (C=O) groups is 2. The Morgan fingerprint density at radius 2 is 1.91 bits per heavy atom. The molecule has 3 N–H and O–H groups in total. The van der Waals surface area contributed by atoms with Crippen LogP contribution in [0.1, 0.15) is 33.0 Å². The second-order valence-electron chi connectivity index (χ2n) is 6.28. The molecule has 0 saturated carbocycles. The van der Waals surface area contributed by atoms with Crippen molar-refractivity contribution in [2.24, 2.45) is 0 Å². The molecule has 0 fully saturated rings. The van der Waals surface area contributed by atoms with Gasteiger partial charge in [-0.3, -0.25) is 9.59 Å². The third kappa shape index (κ3) is 4.87. The van der Waals surface area contributed by atoms with E-state index in [1.165, 1.54) is 0 Å². The van der Waals surface area contributed by atoms with Gasteiger partial charge in [-0.05, 0) is 32.9 Å². The van der Waals surface area contributed by atoms with Crippen molar-refractivity contribution in [2.45, 2.75) is 39.2 Å². The van der Waals surface area contributed by atoms with Crippen molar-refractivity contribution in [1.82, 2.24) is 20.6 Å². The summed E-state index contributed by atoms with van der Waals surface area (Å²) in [5, 5.41) is 5.41. The number of rotatable bonds is 5. The summed E-state index contributed by atoms with van der Waals surface area (Å²) in [5.74, 6) is 0.421. The van der Waals surface area contributed by atoms with Gasteiger partial charge >= 0.3 is 0 Å². The van der Waals surface area contributed by atoms with Gasteiger partial charge in [0, 0.05) is 18.4 Å². The van der Waals surface area contributed by atoms with Crippen LogP contribution in [0.15, 0.2) is 24.3 Å². The highest BCUT2D eigenvalue weighted by atomic mass is 16.2. The van der Waals surface area contributed by atoms with E-state index < -0.39 is 0 Å². The highest BCUT2D eigenvalue weighted by Crippen LogP contribution is 2.11. The molecule has 1 heterocycles. The van der Waals surface area contributed by atoms with Crippen LogP contribution in [-0.2, 0) is 16.0 Å². The van der Waals surface area contributed by atoms with E-state index >= 15 is 0 Å². The lowest BCUT2D eigenvalue weighted by Crippen LogP contribution is -2.45. The van der Waals surface area contributed by atoms with Crippen LogP contribution in [0.5, 0.6) is 0 Å². The third-order valence-corrected chi connectivity index (χ3v) is 2.99. The molecule has 1 aromatic heterocycles. The maximum absolute atomic E-state index is 11.8. The number of imidazole rings is 1. The van der Waals surface area contributed by atoms with Gasteiger partial charge in [0.2, 0.25) is 11.8 Å². The van der Waals surface area contributed by atoms with Gasteiger partial charge in [-0.15, -0.1) is 0 Å². The molecule has 22 heavy (non-hydrogen) atoms. The van der Waals surface area contributed by atoms with E-state index in [1.54, 1.807) is 0 Å². The second-order valence-corrected chi connectivity index (χ2v) is 6.28. The van der Waals surface area contributed by atoms with Gasteiger partial charge < -0.3 is 15.6 Å². The van der Waals surface area contributed by atoms with E-state index in [1.807, 2.05) is 45.0 Å². The lowest BCUT2D eigenvalue weighted by Gasteiger charge is -2.20. The number of carbonyl (C=O) groups excluding carboxylic acids is 2. The number of para-hydroxylation sites is 2. The maximum Gasteiger partial charge on any atom is 0.239 e. The van der Waals surface area contributed by atoms with Gasteiger partial charge in [0.25, 0.3) is 0 Å². The average molecular weight is 302 g/mol. The molecule has 0 atom stereocenters. The molecule has 6 nitrogen and oxygen atoms in total. The topological polar surface area (TPSA) is 86.9 Å². The fourth-order valence-electron chi connectivity index (χ4n) is 2.09. The fraction of sp³-hybridized carbons (Fsp3) is 0.438. The number of fused-ring (bicyclic) bond motifs is 1. The van der Waals surface area contributed by atoms with Gasteiger partial charge in [0.1, 0.15) is 5.82 Å². The third-order valence-electron chi connectivity index (χ3n) is 2.99. The second kappa shape index (κ2) is 6.60. The van der Waals surface area contributed by atoms with Gasteiger partial charge in [0.15, 0.2) is 0 Å². The summed E-state index contributed by atoms with van der Waals surface area (Å²) in [6.07, 6.45) is 0.810. The Kier molecular flexibility index (Phi) is 4.80. The molecule has 0 bridgehead atoms. The lowest BCUT2D eigenvalue weighted by atomic mass is 10.1. The number of aromatic amines is 1. The van der Waals surface area contributed by atoms with Crippen molar-refractivity contribution >= 4 is 22.8 Å². The maximum atomic E-state index is 11.8. The molecule has 2 amide bonds. The molecule has 0 radical (unpaired) electrons. The molecule has 0 aliphatic rings. The van der Waals surface area contributed by atoms with Crippen LogP contribution in [0.3, 0.4) is 0 Å². The van der Waals surface area contributed by atoms with Crippen LogP contribution < -0.4 is 10.6 Å². The average Bonchev–Trinajstić information content (AvgIpc) is 2.84. The predicted molar refractivity (Wildman–Crippen MR) is 85.3 cm³/mol. The van der Waals surface area contributed by atoms with E-state index in [4.69, 9.17) is 0 Å². The Morgan fingerprint density at radius 3 is 2.59 bits per heavy atom. The van der Waals surface area contributed by atoms with E-state index in [2.05, 4.69) is 20.6 Å². The standard InChI is InChI=1S/C16H22N4O2/c1-16(2,3)20-15(22)10-17-14(21)9-8-13-18-11-6-4-5-7-12(11)19-13/h4-7H,8-10H2,1-3H3,(H,17,21)(H,18,19)(H,20,22). The van der Waals surface area contributed by atoms with Gasteiger partial charge in [0.05, 0.1) is 17.6 Å². The highest BCUT2D eigenvalue weighted by molar-refractivity contribution is 5.85. The molecule has 6 heteroatoms. The summed E-state index contributed by atoms with van der Waals surface area (Å²) < 4.78 is 0. The van der Waals surface area contributed by atoms with E-state index in [0.29, 0.717) is 12.8 Å². The van der Waals surface area contributed by atoms with Crippen molar-refractivity contribution < 1.29 is 9.59 Å². The Balaban J connectivity index is 1.77. The first-order valence-corrected chi connectivity index (χ1v) is 7.35. The van der Waals surface area contributed by atoms with Crippen molar-refractivity contribution in [2.75, 3.05) is 6.54 Å². The van der Waals surface area contributed by atoms with Crippen LogP contribution in [0.25, 0.3) is 11.0 Å². The van der Waals surface area contributed by atoms with Crippen LogP contribution in [0.4, 0.5) is 0 Å². The lowest BCUT2D eigenvalue weighted by molar-refractivity contribution is -0.126. The van der Waals surface area contributed by atoms with Crippen LogP contribution >= 0.6 is 0 Å². The van der Waals surface area contributed by atoms with Gasteiger partial charge in [-0.1, -0.05) is 12.1 Å². The molecule has 118 valence electrons. The van der Waals surface area contributed by atoms with Crippen molar-refractivity contribution in [1.29, 1.82) is 0 Å². The zero-order valence-corrected chi connectivity index (χ0v) is 13.2. The molecule has 1 aromatic carbocycles. The number of benzene rings is 1. The van der Waals surface area contributed by atoms with Crippen LogP contribution in [0, 0.1) is 0 Å². The Labute approximate surface area is 129 Å². The number of nitrogens with one attached hydrogen (secondary N) is 3. The normalized spacial score (nSPS) is 11.4. The van der Waals surface area contributed by atoms with E-state index in [9.17, 15) is 9.59 Å². The Hall–Kier alpha value is -2.37. The Morgan fingerprint density at radius 1 is 1.18 bits per heavy atom. The van der Waals surface area contributed by atoms with Gasteiger partial charge in [-0.2, -0.15) is 0 Å². The molecule has 0 saturated heterocycles. The summed E-state index contributed by atoms with van der Waals surface area (Å²) in [6, 6.07) is 7.73. The minimum absolute atomic E-state index is 0.00374. The van der Waals surface area contributed by atoms with Crippen molar-refractivity contribution in [3.63, 3.8) is 0 Å². The first-order valence-electron chi connectivity index (χ1n) is 7.35. The number of aryl methyl sites for hydroxylation is 1. The SMILES string of the molecule is CC(C)(C)NC(=O)CNC(=O)CCc1nc2ccccc2[nH]1. The van der Waals surface area contributed by atoms with Gasteiger partial charge in [-0.25, -0.2) is 4.98 Å². The molecule has 0 unspecified atom stereocenters. The number of amides is 2. The number of hydrogen-bond acceptors (Lipinski definition) is 3. The summed E-state index contributed by atoms with van der Waals surface area (Å²) >= 11 is 0. The minimum Gasteiger partial charge on any atom is -0.350 e. The van der Waals surface area contributed by atoms with E-state index in [0.717, 1.165) is 16.9 Å². The summed E-state index contributed by atoms with van der Waals surface area (Å²) in [6.45, 7) is 5.69. The zero-order valence-electron chi connectivity index (χ0n) is 13.2. The smallest absolute Gasteiger partial charge is 0.239 e. The quantitative estimate of drug-likeness (QED) is 0.782. The Bertz CT molecular complexity index is 637. The molecule has 2 aromatic rings. The molecule has 0 spiro atoms. The van der Waals surface area contributed by atoms with Crippen molar-refractivity contribution in [3.05, 3.63) is 30.1 Å². The predicted octanol–water partition coefficient (Wildman–Crippen LogP) is 1.53. The molecule has 0 aliphatic carbocycles. The van der Waals surface area contributed by atoms with Crippen LogP contribution in [-0.4, -0.2) is 33.9 Å². The highest BCUT2D eigenvalue weighted by Gasteiger charge is 2.14. The number of aromatic nitrogens is 2. The van der Waals surface area contributed by atoms with E-state index in [-0.39, 0.29) is 23.9 Å². The largest absolute Gasteiger partial charge is 0.350 e. The zero-order chi connectivity index (χ0) is 16.2. The monoisotopic (exact) mass is 302 g/mol. The van der Waals surface area contributed by atoms with Crippen molar-refractivity contribution in [3.8, 4) is 0 Å². The molecule has 0 aliphatic heterocycles. The number of H-pyrrole nitrogens is 1. The minimum atomic E-state index is -0.296. The summed E-state index contributed by atoms with van der Waals surface area (Å²) in [4.78, 5) is 31.0. The molecular weight excluding hydrogens is 280 g/mol. The first-order chi connectivity index (χ1) is 10.3. The summed E-state index contributed by atoms with van der Waals surface area (Å²) in [5.41, 5.74) is 1.56. The fourth-order valence-corrected chi connectivity index (χ4v) is 2.09.